The molecule has 2 nitrogen and oxygen atoms in total. The Hall–Kier alpha value is -1.41. The normalized spacial score (nSPS) is 30.8. The van der Waals surface area contributed by atoms with Crippen molar-refractivity contribution in [2.75, 3.05) is 6.54 Å². The molecule has 0 bridgehead atoms. The van der Waals surface area contributed by atoms with E-state index in [0.29, 0.717) is 6.42 Å². The zero-order chi connectivity index (χ0) is 12.5. The molecule has 0 fully saturated rings. The number of Topliss-reactive ketones (excluding diaryl/α,β-unsaturated/α-hetero) is 1. The highest BCUT2D eigenvalue weighted by atomic mass is 16.1. The van der Waals surface area contributed by atoms with Crippen LogP contribution in [0.3, 0.4) is 0 Å². The van der Waals surface area contributed by atoms with Gasteiger partial charge in [-0.05, 0) is 0 Å². The van der Waals surface area contributed by atoms with Gasteiger partial charge in [0.15, 0.2) is 0 Å². The monoisotopic (exact) mass is 231 g/mol. The van der Waals surface area contributed by atoms with Crippen LogP contribution in [-0.4, -0.2) is 18.4 Å². The molecular weight excluding hydrogens is 210 g/mol. The summed E-state index contributed by atoms with van der Waals surface area (Å²) < 4.78 is 0. The van der Waals surface area contributed by atoms with Crippen LogP contribution in [0.2, 0.25) is 0 Å². The Morgan fingerprint density at radius 2 is 1.76 bits per heavy atom. The maximum Gasteiger partial charge on any atom is 0.145 e. The van der Waals surface area contributed by atoms with Gasteiger partial charge in [-0.2, -0.15) is 0 Å². The van der Waals surface area contributed by atoms with Crippen LogP contribution in [0.25, 0.3) is 0 Å². The number of fused-ring (bicyclic) bond motifs is 1. The van der Waals surface area contributed by atoms with E-state index in [9.17, 15) is 4.79 Å². The molecule has 0 saturated carbocycles. The van der Waals surface area contributed by atoms with Crippen molar-refractivity contribution in [3.8, 4) is 0 Å². The lowest BCUT2D eigenvalue weighted by molar-refractivity contribution is -0.121. The first kappa shape index (κ1) is 13.7. The molecule has 2 atom stereocenters. The number of hydrogen-bond donors (Lipinski definition) is 1. The Bertz CT molecular complexity index is 350. The van der Waals surface area contributed by atoms with Gasteiger partial charge in [0.25, 0.3) is 0 Å². The van der Waals surface area contributed by atoms with E-state index in [1.165, 1.54) is 0 Å². The minimum Gasteiger partial charge on any atom is -0.306 e. The lowest BCUT2D eigenvalue weighted by atomic mass is 9.89. The van der Waals surface area contributed by atoms with Gasteiger partial charge in [0.2, 0.25) is 0 Å². The third-order valence-electron chi connectivity index (χ3n) is 2.68. The van der Waals surface area contributed by atoms with Crippen molar-refractivity contribution in [3.63, 3.8) is 0 Å². The Morgan fingerprint density at radius 1 is 1.06 bits per heavy atom. The molecule has 0 saturated heterocycles. The highest BCUT2D eigenvalue weighted by Crippen LogP contribution is 2.16. The lowest BCUT2D eigenvalue weighted by Crippen LogP contribution is -2.38. The molecule has 92 valence electrons. The van der Waals surface area contributed by atoms with Gasteiger partial charge in [-0.15, -0.1) is 0 Å². The summed E-state index contributed by atoms with van der Waals surface area (Å²) in [6.07, 6.45) is 16.4. The van der Waals surface area contributed by atoms with Gasteiger partial charge in [0, 0.05) is 19.0 Å². The van der Waals surface area contributed by atoms with Crippen molar-refractivity contribution in [3.05, 3.63) is 48.6 Å². The molecule has 1 aliphatic carbocycles. The predicted octanol–water partition coefficient (Wildman–Crippen LogP) is 2.80. The first-order chi connectivity index (χ1) is 8.38. The summed E-state index contributed by atoms with van der Waals surface area (Å²) in [5.41, 5.74) is 0. The van der Waals surface area contributed by atoms with Gasteiger partial charge in [0.05, 0.1) is 5.92 Å². The summed E-state index contributed by atoms with van der Waals surface area (Å²) in [6, 6.07) is 0.152. The maximum atomic E-state index is 11.9. The highest BCUT2D eigenvalue weighted by molar-refractivity contribution is 5.85. The van der Waals surface area contributed by atoms with Crippen molar-refractivity contribution < 1.29 is 4.79 Å². The average Bonchev–Trinajstić information content (AvgIpc) is 2.40. The summed E-state index contributed by atoms with van der Waals surface area (Å²) in [5.74, 6) is 0.269. The SMILES string of the molecule is CC.O=C1C/C=C\C=C/CNC2C=CC=CC12. The molecule has 2 heteroatoms. The molecule has 1 heterocycles. The second-order valence-corrected chi connectivity index (χ2v) is 3.76. The Balaban J connectivity index is 0.000000686. The summed E-state index contributed by atoms with van der Waals surface area (Å²) in [7, 11) is 0. The first-order valence-corrected chi connectivity index (χ1v) is 6.31. The second kappa shape index (κ2) is 7.80. The molecule has 2 rings (SSSR count). The van der Waals surface area contributed by atoms with Crippen LogP contribution in [0.1, 0.15) is 20.3 Å². The topological polar surface area (TPSA) is 29.1 Å². The number of carbonyl (C=O) groups is 1. The number of hydrogen-bond acceptors (Lipinski definition) is 2. The van der Waals surface area contributed by atoms with E-state index in [0.717, 1.165) is 6.54 Å². The van der Waals surface area contributed by atoms with Crippen molar-refractivity contribution in [2.45, 2.75) is 26.3 Å². The predicted molar refractivity (Wildman–Crippen MR) is 72.8 cm³/mol. The van der Waals surface area contributed by atoms with Crippen molar-refractivity contribution in [2.24, 2.45) is 5.92 Å². The van der Waals surface area contributed by atoms with E-state index >= 15 is 0 Å². The third kappa shape index (κ3) is 4.16. The van der Waals surface area contributed by atoms with Crippen LogP contribution in [-0.2, 0) is 4.79 Å². The molecule has 17 heavy (non-hydrogen) atoms. The lowest BCUT2D eigenvalue weighted by Gasteiger charge is -2.23. The number of carbonyl (C=O) groups excluding carboxylic acids is 1. The number of allylic oxidation sites excluding steroid dienone is 5. The molecule has 0 aromatic rings. The molecule has 0 aromatic heterocycles. The van der Waals surface area contributed by atoms with Crippen LogP contribution in [0.4, 0.5) is 0 Å². The van der Waals surface area contributed by atoms with Gasteiger partial charge in [-0.1, -0.05) is 62.5 Å². The summed E-state index contributed by atoms with van der Waals surface area (Å²) in [4.78, 5) is 11.9. The Labute approximate surface area is 104 Å². The zero-order valence-electron chi connectivity index (χ0n) is 10.6. The maximum absolute atomic E-state index is 11.9. The fourth-order valence-corrected chi connectivity index (χ4v) is 1.86. The van der Waals surface area contributed by atoms with E-state index in [1.807, 2.05) is 50.3 Å². The van der Waals surface area contributed by atoms with E-state index in [-0.39, 0.29) is 17.7 Å². The van der Waals surface area contributed by atoms with E-state index in [2.05, 4.69) is 17.5 Å². The first-order valence-electron chi connectivity index (χ1n) is 6.31. The second-order valence-electron chi connectivity index (χ2n) is 3.76. The van der Waals surface area contributed by atoms with E-state index in [1.54, 1.807) is 0 Å². The number of rotatable bonds is 0. The fourth-order valence-electron chi connectivity index (χ4n) is 1.86. The zero-order valence-corrected chi connectivity index (χ0v) is 10.6. The molecule has 0 amide bonds. The van der Waals surface area contributed by atoms with Crippen LogP contribution in [0.5, 0.6) is 0 Å². The summed E-state index contributed by atoms with van der Waals surface area (Å²) >= 11 is 0. The van der Waals surface area contributed by atoms with Crippen molar-refractivity contribution in [1.29, 1.82) is 0 Å². The minimum absolute atomic E-state index is 0.00819. The molecule has 1 N–H and O–H groups in total. The van der Waals surface area contributed by atoms with Crippen LogP contribution >= 0.6 is 0 Å². The smallest absolute Gasteiger partial charge is 0.145 e. The van der Waals surface area contributed by atoms with Crippen LogP contribution in [0.15, 0.2) is 48.6 Å². The van der Waals surface area contributed by atoms with E-state index < -0.39 is 0 Å². The summed E-state index contributed by atoms with van der Waals surface area (Å²) in [5, 5.41) is 3.34. The third-order valence-corrected chi connectivity index (χ3v) is 2.68. The minimum atomic E-state index is -0.00819. The Kier molecular flexibility index (Phi) is 6.26. The molecule has 2 aliphatic rings. The van der Waals surface area contributed by atoms with E-state index in [4.69, 9.17) is 0 Å². The number of nitrogens with one attached hydrogen (secondary N) is 1. The van der Waals surface area contributed by atoms with Gasteiger partial charge in [-0.3, -0.25) is 4.79 Å². The Morgan fingerprint density at radius 3 is 2.59 bits per heavy atom. The largest absolute Gasteiger partial charge is 0.306 e. The van der Waals surface area contributed by atoms with Crippen molar-refractivity contribution >= 4 is 5.78 Å². The molecule has 0 aromatic carbocycles. The van der Waals surface area contributed by atoms with Gasteiger partial charge in [0.1, 0.15) is 5.78 Å². The standard InChI is InChI=1S/C13H15NO.C2H6/c15-13-9-3-1-2-6-10-14-12-8-5-4-7-11(12)13;1-2/h1-8,11-12,14H,9-10H2;1-2H3/b3-1-,6-2-;. The quantitative estimate of drug-likeness (QED) is 0.694. The van der Waals surface area contributed by atoms with Crippen LogP contribution in [0, 0.1) is 5.92 Å². The molecule has 0 spiro atoms. The van der Waals surface area contributed by atoms with Gasteiger partial charge < -0.3 is 5.32 Å². The van der Waals surface area contributed by atoms with Gasteiger partial charge in [-0.25, -0.2) is 0 Å². The number of ketones is 1. The van der Waals surface area contributed by atoms with Crippen LogP contribution < -0.4 is 5.32 Å². The fraction of sp³-hybridized carbons (Fsp3) is 0.400. The summed E-state index contributed by atoms with van der Waals surface area (Å²) in [6.45, 7) is 4.80. The molecular formula is C15H21NO. The molecule has 2 unspecified atom stereocenters. The average molecular weight is 231 g/mol. The molecule has 0 radical (unpaired) electrons. The van der Waals surface area contributed by atoms with Gasteiger partial charge >= 0.3 is 0 Å². The highest BCUT2D eigenvalue weighted by Gasteiger charge is 2.23. The van der Waals surface area contributed by atoms with Crippen molar-refractivity contribution in [1.82, 2.24) is 5.32 Å². The molecule has 1 aliphatic heterocycles.